The van der Waals surface area contributed by atoms with Crippen molar-refractivity contribution in [3.8, 4) is 0 Å². The Morgan fingerprint density at radius 2 is 1.53 bits per heavy atom. The Morgan fingerprint density at radius 3 is 1.89 bits per heavy atom. The van der Waals surface area contributed by atoms with E-state index in [2.05, 4.69) is 24.8 Å². The van der Waals surface area contributed by atoms with Crippen LogP contribution in [0.1, 0.15) is 46.5 Å². The van der Waals surface area contributed by atoms with Crippen molar-refractivity contribution in [1.82, 2.24) is 0 Å². The van der Waals surface area contributed by atoms with Crippen LogP contribution in [0.2, 0.25) is 0 Å². The third-order valence-corrected chi connectivity index (χ3v) is 1.99. The molecule has 0 aromatic carbocycles. The maximum atomic E-state index is 10.7. The number of carbonyl (C=O) groups excluding carboxylic acids is 2. The van der Waals surface area contributed by atoms with E-state index in [-0.39, 0.29) is 11.9 Å². The van der Waals surface area contributed by atoms with E-state index in [9.17, 15) is 9.59 Å². The zero-order chi connectivity index (χ0) is 15.1. The Morgan fingerprint density at radius 1 is 1.05 bits per heavy atom. The van der Waals surface area contributed by atoms with Crippen LogP contribution >= 0.6 is 0 Å². The predicted octanol–water partition coefficient (Wildman–Crippen LogP) is 3.42. The number of esters is 2. The lowest BCUT2D eigenvalue weighted by Gasteiger charge is -2.01. The molecule has 0 aliphatic rings. The van der Waals surface area contributed by atoms with Gasteiger partial charge in [-0.15, -0.1) is 0 Å². The van der Waals surface area contributed by atoms with E-state index in [4.69, 9.17) is 4.74 Å². The highest BCUT2D eigenvalue weighted by Crippen LogP contribution is 1.94. The van der Waals surface area contributed by atoms with Gasteiger partial charge in [-0.05, 0) is 19.8 Å². The van der Waals surface area contributed by atoms with Crippen LogP contribution in [0.25, 0.3) is 0 Å². The average molecular weight is 270 g/mol. The van der Waals surface area contributed by atoms with Crippen molar-refractivity contribution in [3.63, 3.8) is 0 Å². The molecule has 0 saturated carbocycles. The van der Waals surface area contributed by atoms with Gasteiger partial charge in [0.05, 0.1) is 13.2 Å². The molecule has 0 unspecified atom stereocenters. The van der Waals surface area contributed by atoms with Crippen molar-refractivity contribution < 1.29 is 19.1 Å². The number of hydrogen-bond acceptors (Lipinski definition) is 4. The van der Waals surface area contributed by atoms with Crippen LogP contribution in [0, 0.1) is 0 Å². The molecular weight excluding hydrogens is 244 g/mol. The number of unbranched alkanes of at least 4 members (excludes halogenated alkanes) is 2. The lowest BCUT2D eigenvalue weighted by Crippen LogP contribution is -2.05. The van der Waals surface area contributed by atoms with Crippen molar-refractivity contribution in [1.29, 1.82) is 0 Å². The fourth-order valence-electron chi connectivity index (χ4n) is 0.808. The number of rotatable bonds is 8. The Labute approximate surface area is 116 Å². The van der Waals surface area contributed by atoms with E-state index < -0.39 is 0 Å². The highest BCUT2D eigenvalue weighted by Gasteiger charge is 2.00. The summed E-state index contributed by atoms with van der Waals surface area (Å²) in [5, 5.41) is 0. The van der Waals surface area contributed by atoms with Crippen molar-refractivity contribution in [2.75, 3.05) is 13.2 Å². The fourth-order valence-corrected chi connectivity index (χ4v) is 0.808. The zero-order valence-electron chi connectivity index (χ0n) is 12.4. The van der Waals surface area contributed by atoms with E-state index in [1.54, 1.807) is 6.92 Å². The summed E-state index contributed by atoms with van der Waals surface area (Å²) in [5.41, 5.74) is 0.469. The van der Waals surface area contributed by atoms with Crippen molar-refractivity contribution in [2.24, 2.45) is 0 Å². The minimum atomic E-state index is -0.330. The molecule has 0 aromatic heterocycles. The Balaban J connectivity index is 0. The maximum absolute atomic E-state index is 10.7. The monoisotopic (exact) mass is 270 g/mol. The molecule has 0 aliphatic heterocycles. The number of ether oxygens (including phenoxy) is 2. The van der Waals surface area contributed by atoms with Crippen LogP contribution in [0.4, 0.5) is 0 Å². The first-order valence-corrected chi connectivity index (χ1v) is 6.61. The van der Waals surface area contributed by atoms with Crippen LogP contribution in [-0.4, -0.2) is 25.2 Å². The van der Waals surface area contributed by atoms with Gasteiger partial charge in [0.25, 0.3) is 0 Å². The van der Waals surface area contributed by atoms with E-state index in [0.29, 0.717) is 18.8 Å². The molecule has 4 nitrogen and oxygen atoms in total. The van der Waals surface area contributed by atoms with Crippen LogP contribution < -0.4 is 0 Å². The topological polar surface area (TPSA) is 52.6 Å². The highest BCUT2D eigenvalue weighted by molar-refractivity contribution is 5.86. The predicted molar refractivity (Wildman–Crippen MR) is 76.7 cm³/mol. The molecule has 19 heavy (non-hydrogen) atoms. The van der Waals surface area contributed by atoms with E-state index >= 15 is 0 Å². The van der Waals surface area contributed by atoms with Gasteiger partial charge in [0, 0.05) is 11.6 Å². The summed E-state index contributed by atoms with van der Waals surface area (Å²) in [6.45, 7) is 13.5. The van der Waals surface area contributed by atoms with Gasteiger partial charge in [0.1, 0.15) is 0 Å². The molecule has 0 saturated heterocycles. The molecule has 0 fully saturated rings. The van der Waals surface area contributed by atoms with Gasteiger partial charge in [0.15, 0.2) is 0 Å². The van der Waals surface area contributed by atoms with Crippen LogP contribution in [0.5, 0.6) is 0 Å². The SMILES string of the molecule is C=C(C)C(=O)OCCCC.C=CC(=O)OCCCC. The van der Waals surface area contributed by atoms with Gasteiger partial charge < -0.3 is 9.47 Å². The summed E-state index contributed by atoms with van der Waals surface area (Å²) in [7, 11) is 0. The summed E-state index contributed by atoms with van der Waals surface area (Å²) < 4.78 is 9.48. The smallest absolute Gasteiger partial charge is 0.333 e. The highest BCUT2D eigenvalue weighted by atomic mass is 16.5. The van der Waals surface area contributed by atoms with Gasteiger partial charge in [-0.25, -0.2) is 9.59 Å². The summed E-state index contributed by atoms with van der Waals surface area (Å²) >= 11 is 0. The largest absolute Gasteiger partial charge is 0.463 e. The molecule has 0 radical (unpaired) electrons. The molecular formula is C15H26O4. The summed E-state index contributed by atoms with van der Waals surface area (Å²) in [5.74, 6) is -0.614. The van der Waals surface area contributed by atoms with Crippen molar-refractivity contribution in [2.45, 2.75) is 46.5 Å². The minimum Gasteiger partial charge on any atom is -0.463 e. The van der Waals surface area contributed by atoms with E-state index in [1.165, 1.54) is 6.08 Å². The van der Waals surface area contributed by atoms with E-state index in [1.807, 2.05) is 6.92 Å². The Bertz CT molecular complexity index is 282. The molecule has 0 bridgehead atoms. The first-order chi connectivity index (χ1) is 8.99. The summed E-state index contributed by atoms with van der Waals surface area (Å²) in [4.78, 5) is 21.0. The zero-order valence-corrected chi connectivity index (χ0v) is 12.4. The molecule has 110 valence electrons. The summed E-state index contributed by atoms with van der Waals surface area (Å²) in [6, 6.07) is 0. The second kappa shape index (κ2) is 14.5. The van der Waals surface area contributed by atoms with Crippen molar-refractivity contribution in [3.05, 3.63) is 24.8 Å². The molecule has 0 atom stereocenters. The molecule has 0 N–H and O–H groups in total. The van der Waals surface area contributed by atoms with E-state index in [0.717, 1.165) is 25.7 Å². The lowest BCUT2D eigenvalue weighted by atomic mass is 10.3. The molecule has 0 aliphatic carbocycles. The third kappa shape index (κ3) is 16.4. The van der Waals surface area contributed by atoms with Gasteiger partial charge in [0.2, 0.25) is 0 Å². The summed E-state index contributed by atoms with van der Waals surface area (Å²) in [6.07, 6.45) is 5.13. The molecule has 0 aromatic rings. The Kier molecular flexibility index (Phi) is 15.1. The first kappa shape index (κ1) is 19.8. The number of hydrogen-bond donors (Lipinski definition) is 0. The minimum absolute atomic E-state index is 0.284. The fraction of sp³-hybridized carbons (Fsp3) is 0.600. The first-order valence-electron chi connectivity index (χ1n) is 6.61. The van der Waals surface area contributed by atoms with Gasteiger partial charge in [-0.2, -0.15) is 0 Å². The lowest BCUT2D eigenvalue weighted by molar-refractivity contribution is -0.139. The van der Waals surface area contributed by atoms with Crippen LogP contribution in [0.3, 0.4) is 0 Å². The molecule has 0 amide bonds. The standard InChI is InChI=1S/C8H14O2.C7H12O2/c1-4-5-6-10-8(9)7(2)3;1-3-5-6-9-7(8)4-2/h2,4-6H2,1,3H3;4H,2-3,5-6H2,1H3. The molecule has 0 rings (SSSR count). The molecule has 4 heteroatoms. The Hall–Kier alpha value is -1.58. The third-order valence-electron chi connectivity index (χ3n) is 1.99. The molecule has 0 heterocycles. The maximum Gasteiger partial charge on any atom is 0.333 e. The van der Waals surface area contributed by atoms with Gasteiger partial charge in [-0.3, -0.25) is 0 Å². The normalized spacial score (nSPS) is 8.79. The number of carbonyl (C=O) groups is 2. The molecule has 0 spiro atoms. The van der Waals surface area contributed by atoms with Gasteiger partial charge >= 0.3 is 11.9 Å². The quantitative estimate of drug-likeness (QED) is 0.385. The second-order valence-electron chi connectivity index (χ2n) is 3.99. The van der Waals surface area contributed by atoms with Crippen LogP contribution in [-0.2, 0) is 19.1 Å². The van der Waals surface area contributed by atoms with Crippen LogP contribution in [0.15, 0.2) is 24.8 Å². The van der Waals surface area contributed by atoms with Crippen molar-refractivity contribution >= 4 is 11.9 Å². The van der Waals surface area contributed by atoms with Gasteiger partial charge in [-0.1, -0.05) is 39.8 Å². The average Bonchev–Trinajstić information content (AvgIpc) is 2.39. The second-order valence-corrected chi connectivity index (χ2v) is 3.99.